The minimum Gasteiger partial charge on any atom is -0.166 e. The van der Waals surface area contributed by atoms with Crippen LogP contribution < -0.4 is 0 Å². The molecule has 4 heteroatoms. The highest BCUT2D eigenvalue weighted by atomic mass is 32.2. The molecule has 0 amide bonds. The normalized spacial score (nSPS) is 17.8. The molecular formula is C15H11F3S. The van der Waals surface area contributed by atoms with Crippen LogP contribution in [0.25, 0.3) is 0 Å². The van der Waals surface area contributed by atoms with Crippen LogP contribution in [-0.4, -0.2) is 0 Å². The molecule has 0 aliphatic carbocycles. The first-order valence-corrected chi connectivity index (χ1v) is 6.76. The molecule has 0 radical (unpaired) electrons. The fourth-order valence-electron chi connectivity index (χ4n) is 2.37. The van der Waals surface area contributed by atoms with E-state index in [1.54, 1.807) is 6.07 Å². The predicted octanol–water partition coefficient (Wildman–Crippen LogP) is 5.32. The van der Waals surface area contributed by atoms with Crippen LogP contribution in [0.5, 0.6) is 0 Å². The number of benzene rings is 2. The molecule has 0 saturated heterocycles. The summed E-state index contributed by atoms with van der Waals surface area (Å²) in [5.41, 5.74) is 1.29. The third kappa shape index (κ3) is 2.14. The summed E-state index contributed by atoms with van der Waals surface area (Å²) in [6.45, 7) is 1.96. The molecule has 2 aromatic rings. The van der Waals surface area contributed by atoms with Crippen molar-refractivity contribution in [2.45, 2.75) is 28.8 Å². The van der Waals surface area contributed by atoms with E-state index in [0.717, 1.165) is 27.0 Å². The minimum atomic E-state index is -4.28. The zero-order valence-electron chi connectivity index (χ0n) is 10.2. The lowest BCUT2D eigenvalue weighted by atomic mass is 9.91. The van der Waals surface area contributed by atoms with E-state index < -0.39 is 11.7 Å². The molecule has 0 nitrogen and oxygen atoms in total. The van der Waals surface area contributed by atoms with Crippen molar-refractivity contribution in [1.82, 2.24) is 0 Å². The van der Waals surface area contributed by atoms with Gasteiger partial charge in [0.15, 0.2) is 0 Å². The van der Waals surface area contributed by atoms with E-state index in [0.29, 0.717) is 0 Å². The van der Waals surface area contributed by atoms with Crippen LogP contribution in [0.15, 0.2) is 52.3 Å². The standard InChI is InChI=1S/C15H11F3S/c1-9-11-4-2-3-5-13(11)19-14-7-6-10(8-12(9)14)15(16,17)18/h2-9H,1H3/t9-/m1/s1. The summed E-state index contributed by atoms with van der Waals surface area (Å²) in [6, 6.07) is 11.9. The van der Waals surface area contributed by atoms with E-state index >= 15 is 0 Å². The molecule has 98 valence electrons. The number of alkyl halides is 3. The lowest BCUT2D eigenvalue weighted by molar-refractivity contribution is -0.137. The van der Waals surface area contributed by atoms with E-state index in [1.807, 2.05) is 31.2 Å². The van der Waals surface area contributed by atoms with Crippen LogP contribution in [0.1, 0.15) is 29.5 Å². The first kappa shape index (κ1) is 12.6. The Morgan fingerprint density at radius 1 is 0.947 bits per heavy atom. The van der Waals surface area contributed by atoms with E-state index in [2.05, 4.69) is 0 Å². The fraction of sp³-hybridized carbons (Fsp3) is 0.200. The first-order chi connectivity index (χ1) is 8.97. The van der Waals surface area contributed by atoms with Crippen LogP contribution in [0.2, 0.25) is 0 Å². The highest BCUT2D eigenvalue weighted by Crippen LogP contribution is 2.46. The zero-order chi connectivity index (χ0) is 13.6. The Morgan fingerprint density at radius 2 is 1.63 bits per heavy atom. The maximum Gasteiger partial charge on any atom is 0.416 e. The summed E-state index contributed by atoms with van der Waals surface area (Å²) in [5, 5.41) is 0. The highest BCUT2D eigenvalue weighted by Gasteiger charge is 2.32. The zero-order valence-corrected chi connectivity index (χ0v) is 11.0. The topological polar surface area (TPSA) is 0 Å². The molecule has 3 rings (SSSR count). The number of halogens is 3. The van der Waals surface area contributed by atoms with Gasteiger partial charge in [0.2, 0.25) is 0 Å². The molecule has 0 saturated carbocycles. The molecule has 19 heavy (non-hydrogen) atoms. The molecule has 2 aromatic carbocycles. The monoisotopic (exact) mass is 280 g/mol. The van der Waals surface area contributed by atoms with Gasteiger partial charge in [0, 0.05) is 15.7 Å². The first-order valence-electron chi connectivity index (χ1n) is 5.95. The Bertz CT molecular complexity index is 632. The summed E-state index contributed by atoms with van der Waals surface area (Å²) in [5.74, 6) is -0.00486. The van der Waals surface area contributed by atoms with E-state index in [4.69, 9.17) is 0 Å². The van der Waals surface area contributed by atoms with Crippen LogP contribution in [-0.2, 0) is 6.18 Å². The summed E-state index contributed by atoms with van der Waals surface area (Å²) in [6.07, 6.45) is -4.28. The maximum atomic E-state index is 12.8. The largest absolute Gasteiger partial charge is 0.416 e. The molecule has 0 bridgehead atoms. The molecule has 0 unspecified atom stereocenters. The molecule has 0 aromatic heterocycles. The Morgan fingerprint density at radius 3 is 2.37 bits per heavy atom. The van der Waals surface area contributed by atoms with Gasteiger partial charge in [0.25, 0.3) is 0 Å². The van der Waals surface area contributed by atoms with Crippen molar-refractivity contribution in [2.75, 3.05) is 0 Å². The van der Waals surface area contributed by atoms with Gasteiger partial charge in [-0.1, -0.05) is 36.9 Å². The van der Waals surface area contributed by atoms with Gasteiger partial charge in [-0.3, -0.25) is 0 Å². The SMILES string of the molecule is C[C@@H]1c2ccccc2Sc2ccc(C(F)(F)F)cc21. The predicted molar refractivity (Wildman–Crippen MR) is 69.5 cm³/mol. The summed E-state index contributed by atoms with van der Waals surface area (Å²) >= 11 is 1.54. The van der Waals surface area contributed by atoms with Gasteiger partial charge in [0.1, 0.15) is 0 Å². The molecule has 0 N–H and O–H groups in total. The van der Waals surface area contributed by atoms with E-state index in [-0.39, 0.29) is 5.92 Å². The Labute approximate surface area is 113 Å². The third-order valence-corrected chi connectivity index (χ3v) is 4.59. The van der Waals surface area contributed by atoms with Gasteiger partial charge < -0.3 is 0 Å². The van der Waals surface area contributed by atoms with Crippen molar-refractivity contribution >= 4 is 11.8 Å². The average Bonchev–Trinajstić information content (AvgIpc) is 2.37. The van der Waals surface area contributed by atoms with E-state index in [9.17, 15) is 13.2 Å². The fourth-order valence-corrected chi connectivity index (χ4v) is 3.61. The number of fused-ring (bicyclic) bond motifs is 2. The second-order valence-electron chi connectivity index (χ2n) is 4.61. The highest BCUT2D eigenvalue weighted by molar-refractivity contribution is 7.99. The van der Waals surface area contributed by atoms with Gasteiger partial charge in [0.05, 0.1) is 5.56 Å². The van der Waals surface area contributed by atoms with Crippen molar-refractivity contribution in [3.63, 3.8) is 0 Å². The van der Waals surface area contributed by atoms with Crippen molar-refractivity contribution in [3.8, 4) is 0 Å². The molecule has 0 spiro atoms. The quantitative estimate of drug-likeness (QED) is 0.629. The average molecular weight is 280 g/mol. The van der Waals surface area contributed by atoms with Gasteiger partial charge >= 0.3 is 6.18 Å². The van der Waals surface area contributed by atoms with Gasteiger partial charge in [-0.15, -0.1) is 0 Å². The Balaban J connectivity index is 2.11. The smallest absolute Gasteiger partial charge is 0.166 e. The maximum absolute atomic E-state index is 12.8. The minimum absolute atomic E-state index is 0.00486. The van der Waals surface area contributed by atoms with Gasteiger partial charge in [-0.2, -0.15) is 13.2 Å². The number of rotatable bonds is 0. The summed E-state index contributed by atoms with van der Waals surface area (Å²) in [4.78, 5) is 2.04. The molecule has 1 aliphatic heterocycles. The number of hydrogen-bond acceptors (Lipinski definition) is 1. The molecule has 1 aliphatic rings. The molecular weight excluding hydrogens is 269 g/mol. The summed E-state index contributed by atoms with van der Waals surface area (Å²) < 4.78 is 38.3. The third-order valence-electron chi connectivity index (χ3n) is 3.41. The van der Waals surface area contributed by atoms with Crippen LogP contribution in [0.4, 0.5) is 13.2 Å². The van der Waals surface area contributed by atoms with Crippen molar-refractivity contribution < 1.29 is 13.2 Å². The van der Waals surface area contributed by atoms with Crippen molar-refractivity contribution in [2.24, 2.45) is 0 Å². The molecule has 1 heterocycles. The second kappa shape index (κ2) is 4.30. The van der Waals surface area contributed by atoms with Gasteiger partial charge in [-0.05, 0) is 35.4 Å². The van der Waals surface area contributed by atoms with Crippen LogP contribution >= 0.6 is 11.8 Å². The van der Waals surface area contributed by atoms with Gasteiger partial charge in [-0.25, -0.2) is 0 Å². The molecule has 0 fully saturated rings. The second-order valence-corrected chi connectivity index (χ2v) is 5.70. The van der Waals surface area contributed by atoms with Crippen molar-refractivity contribution in [3.05, 3.63) is 59.2 Å². The Hall–Kier alpha value is -1.42. The van der Waals surface area contributed by atoms with Crippen LogP contribution in [0, 0.1) is 0 Å². The van der Waals surface area contributed by atoms with Crippen molar-refractivity contribution in [1.29, 1.82) is 0 Å². The number of hydrogen-bond donors (Lipinski definition) is 0. The Kier molecular flexibility index (Phi) is 2.86. The lowest BCUT2D eigenvalue weighted by Gasteiger charge is -2.25. The molecule has 1 atom stereocenters. The lowest BCUT2D eigenvalue weighted by Crippen LogP contribution is -2.10. The van der Waals surface area contributed by atoms with Crippen LogP contribution in [0.3, 0.4) is 0 Å². The van der Waals surface area contributed by atoms with E-state index in [1.165, 1.54) is 17.8 Å². The summed E-state index contributed by atoms with van der Waals surface area (Å²) in [7, 11) is 0.